The molecule has 0 bridgehead atoms. The third kappa shape index (κ3) is 2.17. The van der Waals surface area contributed by atoms with Crippen LogP contribution in [-0.2, 0) is 0 Å². The van der Waals surface area contributed by atoms with Gasteiger partial charge >= 0.3 is 0 Å². The molecule has 3 heterocycles. The first-order chi connectivity index (χ1) is 13.2. The number of nitrogens with zero attached hydrogens (tertiary/aromatic N) is 4. The van der Waals surface area contributed by atoms with Gasteiger partial charge in [-0.3, -0.25) is 14.4 Å². The summed E-state index contributed by atoms with van der Waals surface area (Å²) >= 11 is 0.992. The molecule has 0 spiro atoms. The van der Waals surface area contributed by atoms with Gasteiger partial charge < -0.3 is 0 Å². The number of carbonyl (C=O) groups is 2. The Bertz CT molecular complexity index is 1280. The molecule has 2 aromatic carbocycles. The van der Waals surface area contributed by atoms with Crippen LogP contribution >= 0.6 is 11.3 Å². The summed E-state index contributed by atoms with van der Waals surface area (Å²) < 4.78 is 1.19. The van der Waals surface area contributed by atoms with E-state index in [1.807, 2.05) is 6.07 Å². The smallest absolute Gasteiger partial charge is 0.267 e. The van der Waals surface area contributed by atoms with Gasteiger partial charge in [-0.15, -0.1) is 10.2 Å². The number of amides is 2. The Morgan fingerprint density at radius 2 is 1.44 bits per heavy atom. The Labute approximate surface area is 156 Å². The third-order valence-corrected chi connectivity index (χ3v) is 5.35. The van der Waals surface area contributed by atoms with Crippen LogP contribution in [-0.4, -0.2) is 26.4 Å². The summed E-state index contributed by atoms with van der Waals surface area (Å²) in [5, 5.41) is 8.06. The zero-order chi connectivity index (χ0) is 18.5. The van der Waals surface area contributed by atoms with E-state index in [1.165, 1.54) is 4.40 Å². The number of rotatable bonds is 2. The lowest BCUT2D eigenvalue weighted by Gasteiger charge is -2.13. The standard InChI is InChI=1S/C19H10N4O3S/c24-16-13(11-7-3-1-4-8-11)20-21-19-23(16)14-15(27-19)18(26)22(17(14)25)12-9-5-2-6-10-12/h1-10H. The summed E-state index contributed by atoms with van der Waals surface area (Å²) in [7, 11) is 0. The van der Waals surface area contributed by atoms with Gasteiger partial charge in [-0.25, -0.2) is 9.30 Å². The minimum atomic E-state index is -0.540. The molecule has 130 valence electrons. The van der Waals surface area contributed by atoms with Crippen LogP contribution in [0.4, 0.5) is 5.69 Å². The van der Waals surface area contributed by atoms with Gasteiger partial charge in [-0.1, -0.05) is 59.9 Å². The van der Waals surface area contributed by atoms with Gasteiger partial charge in [0, 0.05) is 5.56 Å². The Morgan fingerprint density at radius 3 is 2.15 bits per heavy atom. The second-order valence-corrected chi connectivity index (χ2v) is 6.88. The number of fused-ring (bicyclic) bond motifs is 3. The monoisotopic (exact) mass is 374 g/mol. The van der Waals surface area contributed by atoms with E-state index in [4.69, 9.17) is 0 Å². The lowest BCUT2D eigenvalue weighted by atomic mass is 10.2. The van der Waals surface area contributed by atoms with Crippen molar-refractivity contribution in [3.8, 4) is 11.3 Å². The Kier molecular flexibility index (Phi) is 3.28. The van der Waals surface area contributed by atoms with E-state index in [1.54, 1.807) is 54.6 Å². The maximum absolute atomic E-state index is 13.0. The van der Waals surface area contributed by atoms with Crippen molar-refractivity contribution in [2.24, 2.45) is 0 Å². The SMILES string of the molecule is O=C1c2sc3nnc(-c4ccccc4)c(=O)n3c2C(=O)N1c1ccccc1. The molecule has 1 aliphatic rings. The van der Waals surface area contributed by atoms with Crippen LogP contribution < -0.4 is 10.5 Å². The molecule has 2 aromatic heterocycles. The number of hydrogen-bond donors (Lipinski definition) is 0. The van der Waals surface area contributed by atoms with Crippen LogP contribution in [0.25, 0.3) is 16.2 Å². The lowest BCUT2D eigenvalue weighted by Crippen LogP contribution is -2.31. The number of aromatic nitrogens is 3. The summed E-state index contributed by atoms with van der Waals surface area (Å²) in [5.41, 5.74) is 0.760. The number of anilines is 1. The molecule has 5 rings (SSSR count). The molecule has 0 radical (unpaired) electrons. The molecule has 0 saturated carbocycles. The molecule has 7 nitrogen and oxygen atoms in total. The summed E-state index contributed by atoms with van der Waals surface area (Å²) in [6.07, 6.45) is 0. The van der Waals surface area contributed by atoms with Gasteiger partial charge in [0.2, 0.25) is 4.96 Å². The fourth-order valence-electron chi connectivity index (χ4n) is 3.10. The van der Waals surface area contributed by atoms with Crippen molar-refractivity contribution in [3.63, 3.8) is 0 Å². The number of benzene rings is 2. The molecule has 0 aliphatic carbocycles. The average molecular weight is 374 g/mol. The number of hydrogen-bond acceptors (Lipinski definition) is 6. The highest BCUT2D eigenvalue weighted by atomic mass is 32.1. The normalized spacial score (nSPS) is 13.4. The minimum absolute atomic E-state index is 0.0425. The van der Waals surface area contributed by atoms with Crippen molar-refractivity contribution in [2.75, 3.05) is 4.90 Å². The Balaban J connectivity index is 1.74. The highest BCUT2D eigenvalue weighted by molar-refractivity contribution is 7.19. The number of thiazole rings is 1. The van der Waals surface area contributed by atoms with Crippen LogP contribution in [0.15, 0.2) is 65.5 Å². The van der Waals surface area contributed by atoms with Crippen LogP contribution in [0.2, 0.25) is 0 Å². The van der Waals surface area contributed by atoms with E-state index < -0.39 is 17.4 Å². The second-order valence-electron chi connectivity index (χ2n) is 5.90. The van der Waals surface area contributed by atoms with Gasteiger partial charge in [0.1, 0.15) is 10.6 Å². The second kappa shape index (κ2) is 5.68. The Morgan fingerprint density at radius 1 is 0.778 bits per heavy atom. The van der Waals surface area contributed by atoms with E-state index in [-0.39, 0.29) is 21.2 Å². The molecule has 4 aromatic rings. The topological polar surface area (TPSA) is 84.6 Å². The molecule has 0 atom stereocenters. The maximum Gasteiger partial charge on any atom is 0.286 e. The van der Waals surface area contributed by atoms with Crippen molar-refractivity contribution < 1.29 is 9.59 Å². The van der Waals surface area contributed by atoms with Crippen molar-refractivity contribution in [3.05, 3.63) is 81.6 Å². The van der Waals surface area contributed by atoms with Gasteiger partial charge in [-0.05, 0) is 12.1 Å². The molecular weight excluding hydrogens is 364 g/mol. The van der Waals surface area contributed by atoms with Gasteiger partial charge in [-0.2, -0.15) is 0 Å². The predicted octanol–water partition coefficient (Wildman–Crippen LogP) is 2.62. The van der Waals surface area contributed by atoms with Crippen LogP contribution in [0.3, 0.4) is 0 Å². The summed E-state index contributed by atoms with van der Waals surface area (Å²) in [6.45, 7) is 0. The molecule has 2 amide bonds. The van der Waals surface area contributed by atoms with Crippen molar-refractivity contribution in [2.45, 2.75) is 0 Å². The zero-order valence-electron chi connectivity index (χ0n) is 13.7. The zero-order valence-corrected chi connectivity index (χ0v) is 14.5. The molecule has 0 saturated heterocycles. The quantitative estimate of drug-likeness (QED) is 0.504. The Hall–Kier alpha value is -3.65. The van der Waals surface area contributed by atoms with E-state index in [0.717, 1.165) is 16.2 Å². The first-order valence-corrected chi connectivity index (χ1v) is 8.90. The fourth-order valence-corrected chi connectivity index (χ4v) is 4.09. The fraction of sp³-hybridized carbons (Fsp3) is 0. The van der Waals surface area contributed by atoms with Crippen LogP contribution in [0.1, 0.15) is 20.2 Å². The highest BCUT2D eigenvalue weighted by Gasteiger charge is 2.41. The van der Waals surface area contributed by atoms with Crippen LogP contribution in [0, 0.1) is 0 Å². The summed E-state index contributed by atoms with van der Waals surface area (Å²) in [6, 6.07) is 17.5. The van der Waals surface area contributed by atoms with E-state index in [2.05, 4.69) is 10.2 Å². The van der Waals surface area contributed by atoms with Crippen LogP contribution in [0.5, 0.6) is 0 Å². The minimum Gasteiger partial charge on any atom is -0.267 e. The first kappa shape index (κ1) is 15.6. The number of para-hydroxylation sites is 1. The van der Waals surface area contributed by atoms with E-state index >= 15 is 0 Å². The maximum atomic E-state index is 13.0. The average Bonchev–Trinajstić information content (AvgIpc) is 3.20. The first-order valence-electron chi connectivity index (χ1n) is 8.08. The third-order valence-electron chi connectivity index (χ3n) is 4.33. The molecule has 0 N–H and O–H groups in total. The molecular formula is C19H10N4O3S. The molecule has 0 unspecified atom stereocenters. The predicted molar refractivity (Wildman–Crippen MR) is 100 cm³/mol. The van der Waals surface area contributed by atoms with E-state index in [9.17, 15) is 14.4 Å². The van der Waals surface area contributed by atoms with Gasteiger partial charge in [0.25, 0.3) is 17.4 Å². The summed E-state index contributed by atoms with van der Waals surface area (Å²) in [5.74, 6) is -1.00. The summed E-state index contributed by atoms with van der Waals surface area (Å²) in [4.78, 5) is 40.3. The molecule has 0 fully saturated rings. The molecule has 8 heteroatoms. The van der Waals surface area contributed by atoms with Crippen molar-refractivity contribution in [1.82, 2.24) is 14.6 Å². The molecule has 27 heavy (non-hydrogen) atoms. The van der Waals surface area contributed by atoms with E-state index in [0.29, 0.717) is 11.3 Å². The largest absolute Gasteiger partial charge is 0.286 e. The van der Waals surface area contributed by atoms with Gasteiger partial charge in [0.15, 0.2) is 5.69 Å². The number of imide groups is 1. The molecule has 1 aliphatic heterocycles. The van der Waals surface area contributed by atoms with Crippen molar-refractivity contribution >= 4 is 33.8 Å². The lowest BCUT2D eigenvalue weighted by molar-refractivity contribution is 0.0925. The van der Waals surface area contributed by atoms with Gasteiger partial charge in [0.05, 0.1) is 5.69 Å². The van der Waals surface area contributed by atoms with Crippen molar-refractivity contribution in [1.29, 1.82) is 0 Å². The highest BCUT2D eigenvalue weighted by Crippen LogP contribution is 2.33. The number of carbonyl (C=O) groups excluding carboxylic acids is 2.